The van der Waals surface area contributed by atoms with E-state index in [-0.39, 0.29) is 52.9 Å². The Bertz CT molecular complexity index is 1980. The van der Waals surface area contributed by atoms with Gasteiger partial charge in [-0.3, -0.25) is 14.3 Å². The summed E-state index contributed by atoms with van der Waals surface area (Å²) in [6.45, 7) is 9.29. The molecule has 2 aromatic heterocycles. The van der Waals surface area contributed by atoms with Gasteiger partial charge >= 0.3 is 5.69 Å². The van der Waals surface area contributed by atoms with Crippen LogP contribution in [0.5, 0.6) is 5.75 Å². The predicted molar refractivity (Wildman–Crippen MR) is 172 cm³/mol. The number of carbonyl (C=O) groups excluding carboxylic acids is 1. The van der Waals surface area contributed by atoms with E-state index in [0.717, 1.165) is 10.6 Å². The van der Waals surface area contributed by atoms with Gasteiger partial charge in [-0.2, -0.15) is 4.98 Å². The highest BCUT2D eigenvalue weighted by Crippen LogP contribution is 2.48. The van der Waals surface area contributed by atoms with E-state index in [9.17, 15) is 9.59 Å². The molecule has 1 saturated heterocycles. The second-order valence-electron chi connectivity index (χ2n) is 12.0. The molecule has 46 heavy (non-hydrogen) atoms. The largest absolute Gasteiger partial charge is 0.490 e. The number of benzene rings is 2. The number of hydrogen-bond acceptors (Lipinski definition) is 7. The van der Waals surface area contributed by atoms with Crippen molar-refractivity contribution in [2.75, 3.05) is 30.3 Å². The topological polar surface area (TPSA) is 107 Å². The predicted octanol–water partition coefficient (Wildman–Crippen LogP) is 6.39. The van der Waals surface area contributed by atoms with Crippen LogP contribution >= 0.6 is 23.2 Å². The Morgan fingerprint density at radius 3 is 2.50 bits per heavy atom. The van der Waals surface area contributed by atoms with Crippen LogP contribution in [0.4, 0.5) is 24.7 Å². The molecule has 2 unspecified atom stereocenters. The van der Waals surface area contributed by atoms with E-state index in [1.165, 1.54) is 6.92 Å². The van der Waals surface area contributed by atoms with E-state index in [2.05, 4.69) is 9.97 Å². The third-order valence-corrected chi connectivity index (χ3v) is 9.29. The van der Waals surface area contributed by atoms with Crippen LogP contribution in [0.3, 0.4) is 0 Å². The van der Waals surface area contributed by atoms with Gasteiger partial charge in [0.1, 0.15) is 11.3 Å². The van der Waals surface area contributed by atoms with Crippen molar-refractivity contribution >= 4 is 51.5 Å². The van der Waals surface area contributed by atoms with Gasteiger partial charge in [-0.1, -0.05) is 37.0 Å². The highest BCUT2D eigenvalue weighted by molar-refractivity contribution is 6.37. The number of ether oxygens (including phenoxy) is 1. The molecule has 2 atom stereocenters. The summed E-state index contributed by atoms with van der Waals surface area (Å²) in [6.07, 6.45) is 1.88. The Balaban J connectivity index is 1.83. The fourth-order valence-electron chi connectivity index (χ4n) is 6.60. The third kappa shape index (κ3) is 4.84. The minimum Gasteiger partial charge on any atom is -0.490 e. The number of fused-ring (bicyclic) bond motifs is 2. The van der Waals surface area contributed by atoms with Gasteiger partial charge in [0.2, 0.25) is 5.91 Å². The zero-order valence-corrected chi connectivity index (χ0v) is 27.2. The second-order valence-corrected chi connectivity index (χ2v) is 12.9. The number of hydrogen-bond donors (Lipinski definition) is 1. The molecule has 0 bridgehead atoms. The number of halogens is 5. The summed E-state index contributed by atoms with van der Waals surface area (Å²) < 4.78 is 57.0. The van der Waals surface area contributed by atoms with Crippen molar-refractivity contribution in [2.24, 2.45) is 0 Å². The first-order chi connectivity index (χ1) is 21.7. The molecule has 0 saturated carbocycles. The molecule has 2 N–H and O–H groups in total. The molecule has 6 rings (SSSR count). The third-order valence-electron chi connectivity index (χ3n) is 8.71. The number of pyridine rings is 1. The first kappa shape index (κ1) is 31.9. The fraction of sp³-hybridized carbons (Fsp3) is 0.375. The number of carbonyl (C=O) groups is 1. The summed E-state index contributed by atoms with van der Waals surface area (Å²) in [7, 11) is 0. The lowest BCUT2D eigenvalue weighted by Gasteiger charge is -2.47. The van der Waals surface area contributed by atoms with E-state index < -0.39 is 62.3 Å². The number of amides is 1. The van der Waals surface area contributed by atoms with Gasteiger partial charge in [0.05, 0.1) is 50.7 Å². The van der Waals surface area contributed by atoms with E-state index in [4.69, 9.17) is 33.7 Å². The van der Waals surface area contributed by atoms with Crippen molar-refractivity contribution in [1.29, 1.82) is 0 Å². The van der Waals surface area contributed by atoms with Crippen molar-refractivity contribution in [1.82, 2.24) is 19.4 Å². The van der Waals surface area contributed by atoms with Crippen LogP contribution in [0, 0.1) is 24.4 Å². The van der Waals surface area contributed by atoms with Crippen molar-refractivity contribution in [2.45, 2.75) is 59.0 Å². The molecule has 2 aliphatic heterocycles. The molecule has 1 fully saturated rings. The molecule has 4 aromatic rings. The molecule has 0 radical (unpaired) electrons. The Labute approximate surface area is 272 Å². The standard InChI is InChI=1S/C32H31Cl2F3N6O3/c1-13(2)27-28(14(3)6-8-39-27)43-29-22-30(25(37)20(24(29)36)21-23(35)18(33)10-19(34)26(21)38)46-9-7-17-12-41(16(5)44)11-15(4)42(17)31(22)40-32(43)45/h6,8,10,13,15,17H,7,9,11-12,38H2,1-5H3. The van der Waals surface area contributed by atoms with E-state index in [0.29, 0.717) is 24.2 Å². The highest BCUT2D eigenvalue weighted by atomic mass is 35.5. The minimum absolute atomic E-state index is 0.0128. The van der Waals surface area contributed by atoms with Gasteiger partial charge in [0, 0.05) is 44.2 Å². The maximum absolute atomic E-state index is 17.4. The summed E-state index contributed by atoms with van der Waals surface area (Å²) >= 11 is 12.3. The van der Waals surface area contributed by atoms with Crippen molar-refractivity contribution in [3.63, 3.8) is 0 Å². The van der Waals surface area contributed by atoms with Gasteiger partial charge in [0.25, 0.3) is 0 Å². The van der Waals surface area contributed by atoms with Crippen LogP contribution in [0.2, 0.25) is 10.0 Å². The number of anilines is 2. The van der Waals surface area contributed by atoms with Gasteiger partial charge in [-0.15, -0.1) is 0 Å². The van der Waals surface area contributed by atoms with Crippen LogP contribution in [0.1, 0.15) is 51.3 Å². The lowest BCUT2D eigenvalue weighted by atomic mass is 9.96. The zero-order valence-electron chi connectivity index (χ0n) is 25.7. The fourth-order valence-corrected chi connectivity index (χ4v) is 7.07. The average Bonchev–Trinajstić information content (AvgIpc) is 2.98. The second kappa shape index (κ2) is 11.6. The van der Waals surface area contributed by atoms with Gasteiger partial charge in [-0.25, -0.2) is 18.0 Å². The molecular formula is C32H31Cl2F3N6O3. The first-order valence-electron chi connectivity index (χ1n) is 14.8. The van der Waals surface area contributed by atoms with Gasteiger partial charge in [0.15, 0.2) is 23.2 Å². The summed E-state index contributed by atoms with van der Waals surface area (Å²) in [5.74, 6) is -4.56. The quantitative estimate of drug-likeness (QED) is 0.198. The monoisotopic (exact) mass is 674 g/mol. The van der Waals surface area contributed by atoms with Crippen LogP contribution in [0.25, 0.3) is 27.7 Å². The molecule has 4 heterocycles. The summed E-state index contributed by atoms with van der Waals surface area (Å²) in [5, 5.41) is -0.854. The molecular weight excluding hydrogens is 644 g/mol. The van der Waals surface area contributed by atoms with Crippen LogP contribution in [-0.2, 0) is 4.79 Å². The lowest BCUT2D eigenvalue weighted by Crippen LogP contribution is -2.60. The number of nitrogens with two attached hydrogens (primary N) is 1. The Morgan fingerprint density at radius 2 is 1.83 bits per heavy atom. The summed E-state index contributed by atoms with van der Waals surface area (Å²) in [4.78, 5) is 39.0. The molecule has 0 spiro atoms. The van der Waals surface area contributed by atoms with E-state index in [1.54, 1.807) is 24.1 Å². The van der Waals surface area contributed by atoms with Crippen molar-refractivity contribution < 1.29 is 22.7 Å². The van der Waals surface area contributed by atoms with Crippen LogP contribution in [-0.4, -0.2) is 57.1 Å². The van der Waals surface area contributed by atoms with Gasteiger partial charge < -0.3 is 20.3 Å². The maximum atomic E-state index is 17.4. The average molecular weight is 676 g/mol. The zero-order chi connectivity index (χ0) is 33.4. The Morgan fingerprint density at radius 1 is 1.11 bits per heavy atom. The number of piperazine rings is 1. The number of aromatic nitrogens is 3. The number of aryl methyl sites for hydroxylation is 1. The van der Waals surface area contributed by atoms with Gasteiger partial charge in [-0.05, 0) is 37.5 Å². The molecule has 14 heteroatoms. The number of nitrogen functional groups attached to an aromatic ring is 1. The van der Waals surface area contributed by atoms with Crippen LogP contribution < -0.4 is 21.1 Å². The smallest absolute Gasteiger partial charge is 0.354 e. The van der Waals surface area contributed by atoms with Crippen molar-refractivity contribution in [3.05, 3.63) is 67.6 Å². The maximum Gasteiger partial charge on any atom is 0.354 e. The SMILES string of the molecule is CC(=O)N1CC(C)N2c3nc(=O)n(-c4c(C)ccnc4C(C)C)c4c(F)c(-c5c(N)c(Cl)cc(Cl)c5F)c(F)c(c34)OCCC2C1. The molecule has 2 aromatic carbocycles. The lowest BCUT2D eigenvalue weighted by molar-refractivity contribution is -0.130. The van der Waals surface area contributed by atoms with Crippen molar-refractivity contribution in [3.8, 4) is 22.6 Å². The summed E-state index contributed by atoms with van der Waals surface area (Å²) in [5.41, 5.74) is 4.06. The Hall–Kier alpha value is -4.03. The molecule has 9 nitrogen and oxygen atoms in total. The molecule has 1 amide bonds. The number of rotatable bonds is 3. The number of nitrogens with zero attached hydrogens (tertiary/aromatic N) is 5. The van der Waals surface area contributed by atoms with Crippen LogP contribution in [0.15, 0.2) is 23.1 Å². The Kier molecular flexibility index (Phi) is 8.08. The van der Waals surface area contributed by atoms with E-state index >= 15 is 13.2 Å². The minimum atomic E-state index is -1.30. The highest BCUT2D eigenvalue weighted by Gasteiger charge is 2.40. The molecule has 0 aliphatic carbocycles. The van der Waals surface area contributed by atoms with E-state index in [1.807, 2.05) is 25.7 Å². The molecule has 2 aliphatic rings. The normalized spacial score (nSPS) is 18.0. The summed E-state index contributed by atoms with van der Waals surface area (Å²) in [6, 6.07) is 1.92. The first-order valence-corrected chi connectivity index (χ1v) is 15.5. The molecule has 242 valence electrons.